The van der Waals surface area contributed by atoms with E-state index in [2.05, 4.69) is 6.92 Å². The molecule has 3 rings (SSSR count). The lowest BCUT2D eigenvalue weighted by Crippen LogP contribution is -2.45. The fraction of sp³-hybridized carbons (Fsp3) is 1.00. The normalized spacial score (nSPS) is 27.4. The van der Waals surface area contributed by atoms with Gasteiger partial charge < -0.3 is 18.9 Å². The van der Waals surface area contributed by atoms with Crippen LogP contribution in [0.15, 0.2) is 0 Å². The number of hydrogen-bond donors (Lipinski definition) is 0. The standard InChI is InChI=1S/C25H46O4/c1-2-25(20-27-21-25)19-26-16-12-15-23(29-24-18-28-24)17-22-13-10-8-6-4-3-5-7-9-11-14-22/h22-24H,2-21H2,1H3. The van der Waals surface area contributed by atoms with E-state index in [-0.39, 0.29) is 6.29 Å². The van der Waals surface area contributed by atoms with Gasteiger partial charge >= 0.3 is 0 Å². The summed E-state index contributed by atoms with van der Waals surface area (Å²) in [6.07, 6.45) is 20.6. The van der Waals surface area contributed by atoms with E-state index in [4.69, 9.17) is 18.9 Å². The predicted molar refractivity (Wildman–Crippen MR) is 117 cm³/mol. The van der Waals surface area contributed by atoms with Crippen molar-refractivity contribution in [3.63, 3.8) is 0 Å². The Bertz CT molecular complexity index is 402. The minimum absolute atomic E-state index is 0.0719. The van der Waals surface area contributed by atoms with Crippen LogP contribution in [0, 0.1) is 11.3 Å². The molecule has 170 valence electrons. The Balaban J connectivity index is 1.36. The molecule has 29 heavy (non-hydrogen) atoms. The summed E-state index contributed by atoms with van der Waals surface area (Å²) in [6.45, 7) is 6.47. The second kappa shape index (κ2) is 13.3. The van der Waals surface area contributed by atoms with E-state index in [9.17, 15) is 0 Å². The Morgan fingerprint density at radius 1 is 0.931 bits per heavy atom. The first kappa shape index (κ1) is 23.5. The summed E-state index contributed by atoms with van der Waals surface area (Å²) in [7, 11) is 0. The fourth-order valence-electron chi connectivity index (χ4n) is 4.91. The van der Waals surface area contributed by atoms with Gasteiger partial charge in [-0.05, 0) is 31.6 Å². The van der Waals surface area contributed by atoms with E-state index in [0.29, 0.717) is 11.5 Å². The molecule has 1 saturated carbocycles. The number of hydrogen-bond acceptors (Lipinski definition) is 4. The molecule has 3 aliphatic rings. The van der Waals surface area contributed by atoms with Crippen molar-refractivity contribution in [3.05, 3.63) is 0 Å². The van der Waals surface area contributed by atoms with Gasteiger partial charge in [0.2, 0.25) is 0 Å². The third kappa shape index (κ3) is 9.25. The number of rotatable bonds is 11. The molecule has 0 aromatic carbocycles. The molecule has 0 amide bonds. The fourth-order valence-corrected chi connectivity index (χ4v) is 4.91. The largest absolute Gasteiger partial charge is 0.381 e. The summed E-state index contributed by atoms with van der Waals surface area (Å²) in [5, 5.41) is 0. The molecule has 0 N–H and O–H groups in total. The maximum Gasteiger partial charge on any atom is 0.181 e. The zero-order valence-electron chi connectivity index (χ0n) is 19.0. The quantitative estimate of drug-likeness (QED) is 0.298. The molecule has 2 unspecified atom stereocenters. The van der Waals surface area contributed by atoms with Crippen molar-refractivity contribution in [1.29, 1.82) is 0 Å². The van der Waals surface area contributed by atoms with Crippen LogP contribution < -0.4 is 0 Å². The first-order valence-electron chi connectivity index (χ1n) is 12.7. The Morgan fingerprint density at radius 2 is 1.55 bits per heavy atom. The summed E-state index contributed by atoms with van der Waals surface area (Å²) >= 11 is 0. The van der Waals surface area contributed by atoms with Crippen LogP contribution in [0.5, 0.6) is 0 Å². The SMILES string of the molecule is CCC1(COCCCC(CC2CCCCCCCCCCC2)OC2CO2)COC1. The number of epoxide rings is 1. The van der Waals surface area contributed by atoms with E-state index in [0.717, 1.165) is 58.2 Å². The van der Waals surface area contributed by atoms with E-state index in [1.807, 2.05) is 0 Å². The molecule has 3 fully saturated rings. The molecule has 2 heterocycles. The molecular formula is C25H46O4. The minimum atomic E-state index is 0.0719. The molecule has 2 aliphatic heterocycles. The molecule has 0 aromatic heterocycles. The first-order valence-corrected chi connectivity index (χ1v) is 12.7. The molecule has 0 spiro atoms. The van der Waals surface area contributed by atoms with Crippen molar-refractivity contribution in [2.75, 3.05) is 33.0 Å². The Hall–Kier alpha value is -0.160. The zero-order chi connectivity index (χ0) is 20.2. The van der Waals surface area contributed by atoms with Crippen LogP contribution in [-0.4, -0.2) is 45.4 Å². The lowest BCUT2D eigenvalue weighted by Gasteiger charge is -2.40. The van der Waals surface area contributed by atoms with Crippen molar-refractivity contribution < 1.29 is 18.9 Å². The van der Waals surface area contributed by atoms with Crippen molar-refractivity contribution in [3.8, 4) is 0 Å². The van der Waals surface area contributed by atoms with Crippen molar-refractivity contribution >= 4 is 0 Å². The van der Waals surface area contributed by atoms with Gasteiger partial charge in [-0.2, -0.15) is 0 Å². The van der Waals surface area contributed by atoms with Gasteiger partial charge in [-0.25, -0.2) is 0 Å². The molecule has 2 saturated heterocycles. The molecular weight excluding hydrogens is 364 g/mol. The average Bonchev–Trinajstić information content (AvgIpc) is 3.49. The molecule has 1 aliphatic carbocycles. The second-order valence-corrected chi connectivity index (χ2v) is 9.92. The summed E-state index contributed by atoms with van der Waals surface area (Å²) < 4.78 is 23.0. The molecule has 4 nitrogen and oxygen atoms in total. The molecule has 2 atom stereocenters. The van der Waals surface area contributed by atoms with Crippen LogP contribution in [0.4, 0.5) is 0 Å². The second-order valence-electron chi connectivity index (χ2n) is 9.92. The van der Waals surface area contributed by atoms with Crippen LogP contribution in [0.2, 0.25) is 0 Å². The van der Waals surface area contributed by atoms with Gasteiger partial charge in [0.15, 0.2) is 6.29 Å². The molecule has 0 bridgehead atoms. The minimum Gasteiger partial charge on any atom is -0.381 e. The summed E-state index contributed by atoms with van der Waals surface area (Å²) in [4.78, 5) is 0. The monoisotopic (exact) mass is 410 g/mol. The summed E-state index contributed by atoms with van der Waals surface area (Å²) in [5.74, 6) is 0.828. The third-order valence-electron chi connectivity index (χ3n) is 7.26. The highest BCUT2D eigenvalue weighted by Crippen LogP contribution is 2.32. The molecule has 0 radical (unpaired) electrons. The topological polar surface area (TPSA) is 40.2 Å². The maximum absolute atomic E-state index is 6.24. The van der Waals surface area contributed by atoms with Crippen LogP contribution in [-0.2, 0) is 18.9 Å². The van der Waals surface area contributed by atoms with Gasteiger partial charge in [0.25, 0.3) is 0 Å². The highest BCUT2D eigenvalue weighted by Gasteiger charge is 2.37. The lowest BCUT2D eigenvalue weighted by molar-refractivity contribution is -0.150. The predicted octanol–water partition coefficient (Wildman–Crippen LogP) is 6.26. The van der Waals surface area contributed by atoms with Crippen molar-refractivity contribution in [2.45, 2.75) is 116 Å². The van der Waals surface area contributed by atoms with Crippen LogP contribution >= 0.6 is 0 Å². The van der Waals surface area contributed by atoms with Crippen LogP contribution in [0.3, 0.4) is 0 Å². The Morgan fingerprint density at radius 3 is 2.07 bits per heavy atom. The summed E-state index contributed by atoms with van der Waals surface area (Å²) in [6, 6.07) is 0. The maximum atomic E-state index is 6.24. The zero-order valence-corrected chi connectivity index (χ0v) is 19.0. The van der Waals surface area contributed by atoms with Crippen molar-refractivity contribution in [2.24, 2.45) is 11.3 Å². The van der Waals surface area contributed by atoms with Gasteiger partial charge in [-0.15, -0.1) is 0 Å². The average molecular weight is 411 g/mol. The van der Waals surface area contributed by atoms with Gasteiger partial charge in [0, 0.05) is 12.0 Å². The van der Waals surface area contributed by atoms with Gasteiger partial charge in [0.05, 0.1) is 25.9 Å². The third-order valence-corrected chi connectivity index (χ3v) is 7.26. The van der Waals surface area contributed by atoms with Crippen LogP contribution in [0.1, 0.15) is 103 Å². The van der Waals surface area contributed by atoms with Gasteiger partial charge in [-0.3, -0.25) is 0 Å². The lowest BCUT2D eigenvalue weighted by atomic mass is 9.84. The van der Waals surface area contributed by atoms with Gasteiger partial charge in [-0.1, -0.05) is 77.6 Å². The Kier molecular flexibility index (Phi) is 10.8. The van der Waals surface area contributed by atoms with Crippen molar-refractivity contribution in [1.82, 2.24) is 0 Å². The smallest absolute Gasteiger partial charge is 0.181 e. The summed E-state index contributed by atoms with van der Waals surface area (Å²) in [5.41, 5.74) is 0.297. The van der Waals surface area contributed by atoms with E-state index < -0.39 is 0 Å². The number of ether oxygens (including phenoxy) is 4. The van der Waals surface area contributed by atoms with Gasteiger partial charge in [0.1, 0.15) is 6.61 Å². The van der Waals surface area contributed by atoms with E-state index in [1.165, 1.54) is 77.0 Å². The van der Waals surface area contributed by atoms with E-state index >= 15 is 0 Å². The van der Waals surface area contributed by atoms with E-state index in [1.54, 1.807) is 0 Å². The molecule has 0 aromatic rings. The highest BCUT2D eigenvalue weighted by atomic mass is 16.8. The Labute approximate surface area is 179 Å². The highest BCUT2D eigenvalue weighted by molar-refractivity contribution is 4.83. The first-order chi connectivity index (χ1) is 14.3. The molecule has 4 heteroatoms. The van der Waals surface area contributed by atoms with Crippen LogP contribution in [0.25, 0.3) is 0 Å².